The molecule has 1 saturated heterocycles. The van der Waals surface area contributed by atoms with E-state index in [1.165, 1.54) is 13.2 Å². The van der Waals surface area contributed by atoms with Crippen molar-refractivity contribution in [2.75, 3.05) is 32.1 Å². The third-order valence-electron chi connectivity index (χ3n) is 6.94. The van der Waals surface area contributed by atoms with Crippen LogP contribution in [0.4, 0.5) is 14.9 Å². The van der Waals surface area contributed by atoms with Gasteiger partial charge in [-0.25, -0.2) is 9.18 Å². The number of nitrogens with one attached hydrogen (secondary N) is 1. The van der Waals surface area contributed by atoms with Crippen LogP contribution in [0.2, 0.25) is 0 Å². The zero-order valence-corrected chi connectivity index (χ0v) is 21.2. The van der Waals surface area contributed by atoms with Crippen LogP contribution in [0.25, 0.3) is 27.8 Å². The number of benzene rings is 3. The Morgan fingerprint density at radius 1 is 0.974 bits per heavy atom. The number of nitrogens with zero attached hydrogens (tertiary/aromatic N) is 2. The first kappa shape index (κ1) is 25.1. The molecular weight excluding hydrogens is 487 g/mol. The highest BCUT2D eigenvalue weighted by Crippen LogP contribution is 2.36. The summed E-state index contributed by atoms with van der Waals surface area (Å²) in [6, 6.07) is 20.5. The van der Waals surface area contributed by atoms with E-state index in [0.717, 1.165) is 41.1 Å². The zero-order valence-electron chi connectivity index (χ0n) is 21.2. The summed E-state index contributed by atoms with van der Waals surface area (Å²) in [4.78, 5) is 25.4. The number of hydrogen-bond acceptors (Lipinski definition) is 5. The minimum Gasteiger partial charge on any atom is -0.494 e. The number of anilines is 1. The maximum Gasteiger partial charge on any atom is 0.404 e. The summed E-state index contributed by atoms with van der Waals surface area (Å²) in [5.74, 6) is -0.433. The molecule has 3 aromatic carbocycles. The molecule has 3 N–H and O–H groups in total. The molecule has 0 spiro atoms. The maximum absolute atomic E-state index is 14.7. The second-order valence-electron chi connectivity index (χ2n) is 9.21. The molecule has 9 heteroatoms. The predicted molar refractivity (Wildman–Crippen MR) is 145 cm³/mol. The average Bonchev–Trinajstić information content (AvgIpc) is 3.31. The minimum absolute atomic E-state index is 0.164. The summed E-state index contributed by atoms with van der Waals surface area (Å²) in [5, 5.41) is 3.62. The number of carbonyl (C=O) groups is 2. The summed E-state index contributed by atoms with van der Waals surface area (Å²) < 4.78 is 27.0. The molecule has 196 valence electrons. The van der Waals surface area contributed by atoms with Gasteiger partial charge in [0.25, 0.3) is 5.91 Å². The van der Waals surface area contributed by atoms with Crippen LogP contribution >= 0.6 is 0 Å². The Morgan fingerprint density at radius 2 is 1.68 bits per heavy atom. The first-order valence-electron chi connectivity index (χ1n) is 12.4. The Kier molecular flexibility index (Phi) is 6.91. The fraction of sp³-hybridized carbons (Fsp3) is 0.241. The normalized spacial score (nSPS) is 13.9. The molecule has 1 aliphatic rings. The Morgan fingerprint density at radius 3 is 2.32 bits per heavy atom. The van der Waals surface area contributed by atoms with Gasteiger partial charge in [0.05, 0.1) is 18.3 Å². The second-order valence-corrected chi connectivity index (χ2v) is 9.21. The van der Waals surface area contributed by atoms with Gasteiger partial charge >= 0.3 is 6.09 Å². The number of ether oxygens (including phenoxy) is 2. The Labute approximate surface area is 219 Å². The van der Waals surface area contributed by atoms with Crippen molar-refractivity contribution in [3.05, 3.63) is 78.1 Å². The van der Waals surface area contributed by atoms with E-state index < -0.39 is 11.9 Å². The third kappa shape index (κ3) is 4.87. The number of fused-ring (bicyclic) bond motifs is 1. The smallest absolute Gasteiger partial charge is 0.404 e. The minimum atomic E-state index is -0.739. The van der Waals surface area contributed by atoms with Gasteiger partial charge in [-0.2, -0.15) is 0 Å². The van der Waals surface area contributed by atoms with Crippen LogP contribution in [0.3, 0.4) is 0 Å². The maximum atomic E-state index is 14.7. The number of hydrogen-bond donors (Lipinski definition) is 2. The van der Waals surface area contributed by atoms with Crippen LogP contribution < -0.4 is 20.7 Å². The molecule has 0 aliphatic carbocycles. The molecule has 5 rings (SSSR count). The Bertz CT molecular complexity index is 1490. The highest BCUT2D eigenvalue weighted by Gasteiger charge is 2.23. The zero-order chi connectivity index (χ0) is 26.8. The molecule has 0 saturated carbocycles. The van der Waals surface area contributed by atoms with E-state index in [1.807, 2.05) is 30.3 Å². The fourth-order valence-corrected chi connectivity index (χ4v) is 5.02. The number of rotatable bonds is 6. The van der Waals surface area contributed by atoms with Gasteiger partial charge in [-0.15, -0.1) is 0 Å². The monoisotopic (exact) mass is 516 g/mol. The number of piperidine rings is 1. The van der Waals surface area contributed by atoms with E-state index in [9.17, 15) is 14.0 Å². The fourth-order valence-electron chi connectivity index (χ4n) is 5.02. The van der Waals surface area contributed by atoms with Crippen molar-refractivity contribution >= 4 is 28.6 Å². The molecule has 4 aromatic rings. The summed E-state index contributed by atoms with van der Waals surface area (Å²) in [7, 11) is 3.03. The average molecular weight is 517 g/mol. The lowest BCUT2D eigenvalue weighted by molar-refractivity contribution is 0.0911. The highest BCUT2D eigenvalue weighted by atomic mass is 19.1. The van der Waals surface area contributed by atoms with Crippen LogP contribution in [0, 0.1) is 5.82 Å². The molecule has 2 heterocycles. The highest BCUT2D eigenvalue weighted by molar-refractivity contribution is 5.95. The van der Waals surface area contributed by atoms with Crippen molar-refractivity contribution in [3.63, 3.8) is 0 Å². The molecule has 2 amide bonds. The van der Waals surface area contributed by atoms with E-state index in [4.69, 9.17) is 15.2 Å². The second kappa shape index (κ2) is 10.5. The third-order valence-corrected chi connectivity index (χ3v) is 6.94. The van der Waals surface area contributed by atoms with Gasteiger partial charge in [-0.05, 0) is 66.7 Å². The van der Waals surface area contributed by atoms with E-state index in [-0.39, 0.29) is 17.8 Å². The lowest BCUT2D eigenvalue weighted by atomic mass is 10.1. The number of amides is 2. The largest absolute Gasteiger partial charge is 0.494 e. The Hall–Kier alpha value is -4.53. The van der Waals surface area contributed by atoms with Gasteiger partial charge in [0.1, 0.15) is 6.10 Å². The van der Waals surface area contributed by atoms with Crippen LogP contribution in [0.1, 0.15) is 23.2 Å². The van der Waals surface area contributed by atoms with Crippen molar-refractivity contribution in [2.24, 2.45) is 5.73 Å². The molecule has 8 nitrogen and oxygen atoms in total. The molecule has 0 atom stereocenters. The van der Waals surface area contributed by atoms with Gasteiger partial charge in [-0.1, -0.05) is 0 Å². The molecule has 0 radical (unpaired) electrons. The van der Waals surface area contributed by atoms with Crippen molar-refractivity contribution < 1.29 is 23.5 Å². The predicted octanol–water partition coefficient (Wildman–Crippen LogP) is 4.87. The van der Waals surface area contributed by atoms with Gasteiger partial charge in [0, 0.05) is 60.9 Å². The summed E-state index contributed by atoms with van der Waals surface area (Å²) >= 11 is 0. The van der Waals surface area contributed by atoms with E-state index >= 15 is 0 Å². The first-order valence-corrected chi connectivity index (χ1v) is 12.4. The Balaban J connectivity index is 1.56. The lowest BCUT2D eigenvalue weighted by Gasteiger charge is -2.33. The summed E-state index contributed by atoms with van der Waals surface area (Å²) in [6.07, 6.45) is 0.506. The number of methoxy groups -OCH3 is 1. The van der Waals surface area contributed by atoms with Crippen molar-refractivity contribution in [3.8, 4) is 22.7 Å². The van der Waals surface area contributed by atoms with Gasteiger partial charge in [0.2, 0.25) is 0 Å². The van der Waals surface area contributed by atoms with Crippen LogP contribution in [-0.4, -0.2) is 49.9 Å². The number of halogens is 1. The first-order chi connectivity index (χ1) is 18.4. The van der Waals surface area contributed by atoms with Crippen molar-refractivity contribution in [1.29, 1.82) is 0 Å². The van der Waals surface area contributed by atoms with Gasteiger partial charge in [0.15, 0.2) is 11.6 Å². The molecule has 1 fully saturated rings. The van der Waals surface area contributed by atoms with E-state index in [0.29, 0.717) is 24.0 Å². The molecular formula is C29H29FN4O4. The standard InChI is InChI=1S/C29H29FN4O4/c1-32-28(35)18-3-6-21(7-4-18)34-25-9-8-22(33-13-11-23(12-14-33)38-29(31)36)15-20(25)17-26(34)19-5-10-27(37-2)24(30)16-19/h3-10,15-17,23H,11-14H2,1-2H3,(H2,31,36)(H,32,35). The van der Waals surface area contributed by atoms with Gasteiger partial charge in [-0.3, -0.25) is 4.79 Å². The van der Waals surface area contributed by atoms with Crippen molar-refractivity contribution in [2.45, 2.75) is 18.9 Å². The number of carbonyl (C=O) groups excluding carboxylic acids is 2. The summed E-state index contributed by atoms with van der Waals surface area (Å²) in [5.41, 5.74) is 10.1. The van der Waals surface area contributed by atoms with Gasteiger partial charge < -0.3 is 30.0 Å². The van der Waals surface area contributed by atoms with Crippen molar-refractivity contribution in [1.82, 2.24) is 9.88 Å². The number of nitrogens with two attached hydrogens (primary N) is 1. The van der Waals surface area contributed by atoms with Crippen LogP contribution in [-0.2, 0) is 4.74 Å². The lowest BCUT2D eigenvalue weighted by Crippen LogP contribution is -2.38. The molecule has 1 aromatic heterocycles. The SMILES string of the molecule is CNC(=O)c1ccc(-n2c(-c3ccc(OC)c(F)c3)cc3cc(N4CCC(OC(N)=O)CC4)ccc32)cc1. The number of primary amides is 1. The molecule has 38 heavy (non-hydrogen) atoms. The van der Waals surface area contributed by atoms with E-state index in [1.54, 1.807) is 25.2 Å². The number of aromatic nitrogens is 1. The summed E-state index contributed by atoms with van der Waals surface area (Å²) in [6.45, 7) is 1.48. The quantitative estimate of drug-likeness (QED) is 0.381. The topological polar surface area (TPSA) is 98.8 Å². The molecule has 1 aliphatic heterocycles. The van der Waals surface area contributed by atoms with Crippen LogP contribution in [0.15, 0.2) is 66.7 Å². The van der Waals surface area contributed by atoms with E-state index in [2.05, 4.69) is 26.9 Å². The molecule has 0 bridgehead atoms. The molecule has 0 unspecified atom stereocenters. The van der Waals surface area contributed by atoms with Crippen LogP contribution in [0.5, 0.6) is 5.75 Å².